The van der Waals surface area contributed by atoms with Gasteiger partial charge in [0.2, 0.25) is 10.0 Å². The third-order valence-corrected chi connectivity index (χ3v) is 7.74. The highest BCUT2D eigenvalue weighted by Crippen LogP contribution is 2.29. The first-order chi connectivity index (χ1) is 11.7. The van der Waals surface area contributed by atoms with Gasteiger partial charge in [-0.1, -0.05) is 13.0 Å². The minimum atomic E-state index is -3.80. The number of ether oxygens (including phenoxy) is 1. The summed E-state index contributed by atoms with van der Waals surface area (Å²) in [6.45, 7) is 3.89. The van der Waals surface area contributed by atoms with Crippen molar-refractivity contribution in [1.29, 1.82) is 0 Å². The number of rotatable bonds is 8. The first kappa shape index (κ1) is 20.3. The molecular weight excluding hydrogens is 364 g/mol. The summed E-state index contributed by atoms with van der Waals surface area (Å²) < 4.78 is 57.1. The van der Waals surface area contributed by atoms with Crippen LogP contribution in [0, 0.1) is 5.41 Å². The molecule has 0 unspecified atom stereocenters. The lowest BCUT2D eigenvalue weighted by Gasteiger charge is -2.37. The van der Waals surface area contributed by atoms with Gasteiger partial charge in [0.1, 0.15) is 0 Å². The number of piperidine rings is 1. The van der Waals surface area contributed by atoms with Crippen LogP contribution in [0.15, 0.2) is 34.1 Å². The number of sulfone groups is 1. The average Bonchev–Trinajstić information content (AvgIpc) is 2.61. The summed E-state index contributed by atoms with van der Waals surface area (Å²) in [6, 6.07) is 5.48. The molecule has 1 fully saturated rings. The highest BCUT2D eigenvalue weighted by molar-refractivity contribution is 7.91. The van der Waals surface area contributed by atoms with Crippen LogP contribution in [0.4, 0.5) is 0 Å². The Bertz CT molecular complexity index is 779. The van der Waals surface area contributed by atoms with E-state index in [9.17, 15) is 16.8 Å². The number of benzene rings is 1. The maximum Gasteiger partial charge on any atom is 0.240 e. The SMILES string of the molecule is CCS(=O)(=O)c1cccc(S(=O)(=O)NCC2(COC)CCNCC2)c1. The van der Waals surface area contributed by atoms with Crippen LogP contribution in [-0.4, -0.2) is 55.9 Å². The van der Waals surface area contributed by atoms with Gasteiger partial charge in [-0.05, 0) is 44.1 Å². The van der Waals surface area contributed by atoms with Gasteiger partial charge in [0.05, 0.1) is 22.2 Å². The predicted octanol–water partition coefficient (Wildman–Crippen LogP) is 0.775. The Morgan fingerprint density at radius 1 is 1.16 bits per heavy atom. The molecule has 1 saturated heterocycles. The molecule has 0 atom stereocenters. The molecule has 1 aromatic carbocycles. The fraction of sp³-hybridized carbons (Fsp3) is 0.625. The van der Waals surface area contributed by atoms with Crippen molar-refractivity contribution in [3.8, 4) is 0 Å². The minimum absolute atomic E-state index is 0.0198. The summed E-state index contributed by atoms with van der Waals surface area (Å²) in [4.78, 5) is -0.0186. The highest BCUT2D eigenvalue weighted by atomic mass is 32.2. The van der Waals surface area contributed by atoms with Crippen molar-refractivity contribution in [2.24, 2.45) is 5.41 Å². The largest absolute Gasteiger partial charge is 0.384 e. The van der Waals surface area contributed by atoms with E-state index in [1.54, 1.807) is 7.11 Å². The van der Waals surface area contributed by atoms with E-state index in [1.165, 1.54) is 31.2 Å². The van der Waals surface area contributed by atoms with Gasteiger partial charge in [0.15, 0.2) is 9.84 Å². The Kier molecular flexibility index (Phi) is 6.61. The monoisotopic (exact) mass is 390 g/mol. The van der Waals surface area contributed by atoms with Crippen LogP contribution in [0.5, 0.6) is 0 Å². The normalized spacial score (nSPS) is 18.2. The molecule has 1 aromatic rings. The molecule has 0 aromatic heterocycles. The third kappa shape index (κ3) is 5.01. The van der Waals surface area contributed by atoms with Gasteiger partial charge in [-0.25, -0.2) is 21.6 Å². The van der Waals surface area contributed by atoms with Gasteiger partial charge in [-0.3, -0.25) is 0 Å². The van der Waals surface area contributed by atoms with E-state index in [0.29, 0.717) is 6.61 Å². The maximum atomic E-state index is 12.6. The van der Waals surface area contributed by atoms with Gasteiger partial charge >= 0.3 is 0 Å². The van der Waals surface area contributed by atoms with Crippen molar-refractivity contribution in [2.45, 2.75) is 29.6 Å². The van der Waals surface area contributed by atoms with Crippen LogP contribution < -0.4 is 10.0 Å². The molecule has 0 bridgehead atoms. The van der Waals surface area contributed by atoms with Crippen LogP contribution in [-0.2, 0) is 24.6 Å². The van der Waals surface area contributed by atoms with Crippen molar-refractivity contribution in [3.05, 3.63) is 24.3 Å². The summed E-state index contributed by atoms with van der Waals surface area (Å²) in [6.07, 6.45) is 1.63. The van der Waals surface area contributed by atoms with Crippen LogP contribution in [0.2, 0.25) is 0 Å². The molecule has 142 valence electrons. The van der Waals surface area contributed by atoms with Gasteiger partial charge in [-0.15, -0.1) is 0 Å². The van der Waals surface area contributed by atoms with Crippen molar-refractivity contribution in [2.75, 3.05) is 39.1 Å². The van der Waals surface area contributed by atoms with Crippen LogP contribution in [0.3, 0.4) is 0 Å². The topological polar surface area (TPSA) is 102 Å². The lowest BCUT2D eigenvalue weighted by atomic mass is 9.80. The predicted molar refractivity (Wildman–Crippen MR) is 95.8 cm³/mol. The molecule has 0 radical (unpaired) electrons. The molecule has 0 spiro atoms. The van der Waals surface area contributed by atoms with E-state index in [-0.39, 0.29) is 27.5 Å². The van der Waals surface area contributed by atoms with Crippen molar-refractivity contribution in [3.63, 3.8) is 0 Å². The molecule has 1 aliphatic rings. The van der Waals surface area contributed by atoms with E-state index in [2.05, 4.69) is 10.0 Å². The van der Waals surface area contributed by atoms with E-state index in [4.69, 9.17) is 4.74 Å². The first-order valence-electron chi connectivity index (χ1n) is 8.27. The Labute approximate surface area is 150 Å². The van der Waals surface area contributed by atoms with Gasteiger partial charge in [-0.2, -0.15) is 0 Å². The fourth-order valence-corrected chi connectivity index (χ4v) is 5.17. The summed E-state index contributed by atoms with van der Waals surface area (Å²) in [5, 5.41) is 3.26. The third-order valence-electron chi connectivity index (χ3n) is 4.61. The quantitative estimate of drug-likeness (QED) is 0.680. The summed E-state index contributed by atoms with van der Waals surface area (Å²) in [5.74, 6) is -0.0755. The van der Waals surface area contributed by atoms with E-state index < -0.39 is 19.9 Å². The smallest absolute Gasteiger partial charge is 0.240 e. The Morgan fingerprint density at radius 3 is 2.40 bits per heavy atom. The Morgan fingerprint density at radius 2 is 1.80 bits per heavy atom. The molecule has 2 rings (SSSR count). The zero-order valence-corrected chi connectivity index (χ0v) is 16.2. The molecular formula is C16H26N2O5S2. The van der Waals surface area contributed by atoms with Crippen molar-refractivity contribution in [1.82, 2.24) is 10.0 Å². The lowest BCUT2D eigenvalue weighted by Crippen LogP contribution is -2.47. The second-order valence-corrected chi connectivity index (χ2v) is 10.4. The molecule has 0 saturated carbocycles. The molecule has 25 heavy (non-hydrogen) atoms. The Balaban J connectivity index is 2.20. The molecule has 2 N–H and O–H groups in total. The molecule has 1 heterocycles. The first-order valence-corrected chi connectivity index (χ1v) is 11.4. The van der Waals surface area contributed by atoms with Gasteiger partial charge in [0.25, 0.3) is 0 Å². The molecule has 0 aliphatic carbocycles. The Hall–Kier alpha value is -1.00. The van der Waals surface area contributed by atoms with Gasteiger partial charge < -0.3 is 10.1 Å². The average molecular weight is 391 g/mol. The van der Waals surface area contributed by atoms with E-state index in [0.717, 1.165) is 25.9 Å². The van der Waals surface area contributed by atoms with E-state index in [1.807, 2.05) is 0 Å². The second kappa shape index (κ2) is 8.13. The maximum absolute atomic E-state index is 12.6. The number of hydrogen-bond donors (Lipinski definition) is 2. The molecule has 1 aliphatic heterocycles. The number of nitrogens with one attached hydrogen (secondary N) is 2. The minimum Gasteiger partial charge on any atom is -0.384 e. The zero-order valence-electron chi connectivity index (χ0n) is 14.6. The van der Waals surface area contributed by atoms with Crippen molar-refractivity contribution >= 4 is 19.9 Å². The van der Waals surface area contributed by atoms with E-state index >= 15 is 0 Å². The van der Waals surface area contributed by atoms with Gasteiger partial charge in [0, 0.05) is 19.1 Å². The fourth-order valence-electron chi connectivity index (χ4n) is 2.97. The zero-order chi connectivity index (χ0) is 18.6. The number of hydrogen-bond acceptors (Lipinski definition) is 6. The second-order valence-electron chi connectivity index (χ2n) is 6.39. The lowest BCUT2D eigenvalue weighted by molar-refractivity contribution is 0.0577. The summed E-state index contributed by atoms with van der Waals surface area (Å²) in [7, 11) is -5.65. The van der Waals surface area contributed by atoms with Crippen molar-refractivity contribution < 1.29 is 21.6 Å². The molecule has 9 heteroatoms. The van der Waals surface area contributed by atoms with Crippen LogP contribution in [0.25, 0.3) is 0 Å². The van der Waals surface area contributed by atoms with Crippen LogP contribution in [0.1, 0.15) is 19.8 Å². The summed E-state index contributed by atoms with van der Waals surface area (Å²) >= 11 is 0. The highest BCUT2D eigenvalue weighted by Gasteiger charge is 2.33. The van der Waals surface area contributed by atoms with Crippen LogP contribution >= 0.6 is 0 Å². The number of sulfonamides is 1. The summed E-state index contributed by atoms with van der Waals surface area (Å²) in [5.41, 5.74) is -0.250. The number of methoxy groups -OCH3 is 1. The molecule has 7 nitrogen and oxygen atoms in total. The standard InChI is InChI=1S/C16H26N2O5S2/c1-3-24(19,20)14-5-4-6-15(11-14)25(21,22)18-12-16(13-23-2)7-9-17-10-8-16/h4-6,11,17-18H,3,7-10,12-13H2,1-2H3. The molecule has 0 amide bonds.